The van der Waals surface area contributed by atoms with Crippen LogP contribution in [0.4, 0.5) is 10.5 Å². The van der Waals surface area contributed by atoms with Gasteiger partial charge in [0.05, 0.1) is 25.7 Å². The summed E-state index contributed by atoms with van der Waals surface area (Å²) in [4.78, 5) is 38.7. The third-order valence-corrected chi connectivity index (χ3v) is 6.01. The van der Waals surface area contributed by atoms with E-state index in [1.165, 1.54) is 7.11 Å². The predicted octanol–water partition coefficient (Wildman–Crippen LogP) is 4.54. The molecule has 1 aliphatic heterocycles. The van der Waals surface area contributed by atoms with Crippen molar-refractivity contribution < 1.29 is 28.6 Å². The molecule has 0 spiro atoms. The lowest BCUT2D eigenvalue weighted by Gasteiger charge is -2.13. The fourth-order valence-corrected chi connectivity index (χ4v) is 4.15. The molecule has 1 N–H and O–H groups in total. The molecule has 32 heavy (non-hydrogen) atoms. The van der Waals surface area contributed by atoms with Crippen molar-refractivity contribution in [3.8, 4) is 17.2 Å². The molecule has 10 heteroatoms. The van der Waals surface area contributed by atoms with Gasteiger partial charge in [0.1, 0.15) is 12.3 Å². The fourth-order valence-electron chi connectivity index (χ4n) is 2.89. The zero-order valence-corrected chi connectivity index (χ0v) is 20.0. The summed E-state index contributed by atoms with van der Waals surface area (Å²) in [5.41, 5.74) is 1.17. The number of nitrogens with zero attached hydrogens (tertiary/aromatic N) is 1. The van der Waals surface area contributed by atoms with Gasteiger partial charge in [0.15, 0.2) is 11.5 Å². The van der Waals surface area contributed by atoms with Crippen molar-refractivity contribution >= 4 is 56.5 Å². The smallest absolute Gasteiger partial charge is 0.294 e. The second-order valence-corrected chi connectivity index (χ2v) is 8.35. The summed E-state index contributed by atoms with van der Waals surface area (Å²) in [6.45, 7) is 1.91. The number of imide groups is 1. The number of methoxy groups -OCH3 is 2. The van der Waals surface area contributed by atoms with Crippen LogP contribution in [-0.4, -0.2) is 49.3 Å². The summed E-state index contributed by atoms with van der Waals surface area (Å²) < 4.78 is 16.6. The van der Waals surface area contributed by atoms with Gasteiger partial charge in [-0.1, -0.05) is 15.9 Å². The number of benzene rings is 2. The third kappa shape index (κ3) is 5.43. The molecule has 2 aromatic rings. The van der Waals surface area contributed by atoms with Gasteiger partial charge in [-0.25, -0.2) is 0 Å². The number of anilines is 1. The van der Waals surface area contributed by atoms with Crippen molar-refractivity contribution in [1.82, 2.24) is 4.90 Å². The van der Waals surface area contributed by atoms with Crippen molar-refractivity contribution in [3.63, 3.8) is 0 Å². The van der Waals surface area contributed by atoms with Gasteiger partial charge in [-0.15, -0.1) is 0 Å². The SMILES string of the molecule is CCOc1cc(/C=C2/SC(=O)N(CC(=O)Nc3ccc(OC)cc3)C2=O)c(Br)cc1OC. The largest absolute Gasteiger partial charge is 0.497 e. The highest BCUT2D eigenvalue weighted by molar-refractivity contribution is 9.10. The van der Waals surface area contributed by atoms with E-state index in [0.717, 1.165) is 16.7 Å². The first kappa shape index (κ1) is 23.7. The molecule has 0 radical (unpaired) electrons. The van der Waals surface area contributed by atoms with Gasteiger partial charge in [-0.05, 0) is 66.7 Å². The molecule has 0 aliphatic carbocycles. The van der Waals surface area contributed by atoms with Crippen LogP contribution < -0.4 is 19.5 Å². The molecular weight excluding hydrogens is 500 g/mol. The summed E-state index contributed by atoms with van der Waals surface area (Å²) in [7, 11) is 3.08. The molecule has 1 saturated heterocycles. The molecule has 0 aromatic heterocycles. The van der Waals surface area contributed by atoms with Crippen LogP contribution in [0.5, 0.6) is 17.2 Å². The average molecular weight is 521 g/mol. The Hall–Kier alpha value is -2.98. The maximum atomic E-state index is 12.8. The summed E-state index contributed by atoms with van der Waals surface area (Å²) >= 11 is 4.22. The Morgan fingerprint density at radius 2 is 1.84 bits per heavy atom. The van der Waals surface area contributed by atoms with E-state index in [9.17, 15) is 14.4 Å². The van der Waals surface area contributed by atoms with Gasteiger partial charge >= 0.3 is 0 Å². The Morgan fingerprint density at radius 1 is 1.12 bits per heavy atom. The molecule has 1 fully saturated rings. The molecule has 8 nitrogen and oxygen atoms in total. The van der Waals surface area contributed by atoms with Crippen LogP contribution in [-0.2, 0) is 9.59 Å². The molecule has 0 bridgehead atoms. The van der Waals surface area contributed by atoms with Crippen LogP contribution in [0.15, 0.2) is 45.8 Å². The Bertz CT molecular complexity index is 1070. The number of hydrogen-bond acceptors (Lipinski definition) is 7. The van der Waals surface area contributed by atoms with E-state index in [0.29, 0.717) is 39.6 Å². The molecule has 0 unspecified atom stereocenters. The normalized spacial score (nSPS) is 14.6. The van der Waals surface area contributed by atoms with E-state index in [1.807, 2.05) is 6.92 Å². The highest BCUT2D eigenvalue weighted by atomic mass is 79.9. The lowest BCUT2D eigenvalue weighted by atomic mass is 10.2. The van der Waals surface area contributed by atoms with Crippen LogP contribution >= 0.6 is 27.7 Å². The van der Waals surface area contributed by atoms with E-state index >= 15 is 0 Å². The molecule has 168 valence electrons. The number of amides is 3. The number of carbonyl (C=O) groups is 3. The second-order valence-electron chi connectivity index (χ2n) is 6.50. The minimum atomic E-state index is -0.537. The minimum Gasteiger partial charge on any atom is -0.497 e. The summed E-state index contributed by atoms with van der Waals surface area (Å²) in [6, 6.07) is 10.2. The molecule has 3 amide bonds. The van der Waals surface area contributed by atoms with Gasteiger partial charge in [-0.3, -0.25) is 19.3 Å². The molecule has 0 saturated carbocycles. The van der Waals surface area contributed by atoms with Crippen LogP contribution in [0.1, 0.15) is 12.5 Å². The first-order valence-corrected chi connectivity index (χ1v) is 11.2. The summed E-state index contributed by atoms with van der Waals surface area (Å²) in [5.74, 6) is 0.687. The quantitative estimate of drug-likeness (QED) is 0.510. The Balaban J connectivity index is 1.74. The van der Waals surface area contributed by atoms with E-state index in [-0.39, 0.29) is 11.4 Å². The maximum absolute atomic E-state index is 12.8. The zero-order valence-electron chi connectivity index (χ0n) is 17.6. The number of nitrogens with one attached hydrogen (secondary N) is 1. The highest BCUT2D eigenvalue weighted by Crippen LogP contribution is 2.38. The standard InChI is InChI=1S/C22H21BrN2O6S/c1-4-31-18-9-13(16(23)11-17(18)30-3)10-19-21(27)25(22(28)32-19)12-20(26)24-14-5-7-15(29-2)8-6-14/h5-11H,4,12H2,1-3H3,(H,24,26)/b19-10+. The van der Waals surface area contributed by atoms with E-state index < -0.39 is 17.1 Å². The number of hydrogen-bond donors (Lipinski definition) is 1. The average Bonchev–Trinajstić information content (AvgIpc) is 3.03. The number of rotatable bonds is 8. The first-order valence-electron chi connectivity index (χ1n) is 9.55. The predicted molar refractivity (Wildman–Crippen MR) is 126 cm³/mol. The Morgan fingerprint density at radius 3 is 2.47 bits per heavy atom. The number of carbonyl (C=O) groups excluding carboxylic acids is 3. The van der Waals surface area contributed by atoms with Crippen molar-refractivity contribution in [2.24, 2.45) is 0 Å². The van der Waals surface area contributed by atoms with E-state index in [4.69, 9.17) is 14.2 Å². The molecule has 1 heterocycles. The number of ether oxygens (including phenoxy) is 3. The zero-order chi connectivity index (χ0) is 23.3. The maximum Gasteiger partial charge on any atom is 0.294 e. The van der Waals surface area contributed by atoms with Crippen LogP contribution in [0.3, 0.4) is 0 Å². The fraction of sp³-hybridized carbons (Fsp3) is 0.227. The number of thioether (sulfide) groups is 1. The van der Waals surface area contributed by atoms with Crippen LogP contribution in [0, 0.1) is 0 Å². The van der Waals surface area contributed by atoms with E-state index in [1.54, 1.807) is 49.6 Å². The second kappa shape index (κ2) is 10.6. The lowest BCUT2D eigenvalue weighted by Crippen LogP contribution is -2.36. The van der Waals surface area contributed by atoms with Crippen LogP contribution in [0.25, 0.3) is 6.08 Å². The minimum absolute atomic E-state index is 0.209. The molecule has 3 rings (SSSR count). The summed E-state index contributed by atoms with van der Waals surface area (Å²) in [5, 5.41) is 2.15. The molecule has 0 atom stereocenters. The number of halogens is 1. The van der Waals surface area contributed by atoms with Gasteiger partial charge in [0.25, 0.3) is 11.1 Å². The van der Waals surface area contributed by atoms with Crippen LogP contribution in [0.2, 0.25) is 0 Å². The molecule has 1 aliphatic rings. The molecule has 2 aromatic carbocycles. The van der Waals surface area contributed by atoms with Crippen molar-refractivity contribution in [2.45, 2.75) is 6.92 Å². The van der Waals surface area contributed by atoms with Crippen molar-refractivity contribution in [3.05, 3.63) is 51.3 Å². The van der Waals surface area contributed by atoms with Gasteiger partial charge < -0.3 is 19.5 Å². The first-order chi connectivity index (χ1) is 15.4. The van der Waals surface area contributed by atoms with E-state index in [2.05, 4.69) is 21.2 Å². The highest BCUT2D eigenvalue weighted by Gasteiger charge is 2.36. The lowest BCUT2D eigenvalue weighted by molar-refractivity contribution is -0.127. The van der Waals surface area contributed by atoms with Crippen molar-refractivity contribution in [1.29, 1.82) is 0 Å². The van der Waals surface area contributed by atoms with Gasteiger partial charge in [-0.2, -0.15) is 0 Å². The van der Waals surface area contributed by atoms with Gasteiger partial charge in [0, 0.05) is 10.2 Å². The Labute approximate surface area is 198 Å². The topological polar surface area (TPSA) is 94.2 Å². The molecular formula is C22H21BrN2O6S. The van der Waals surface area contributed by atoms with Gasteiger partial charge in [0.2, 0.25) is 5.91 Å². The van der Waals surface area contributed by atoms with Crippen molar-refractivity contribution in [2.75, 3.05) is 32.7 Å². The Kier molecular flexibility index (Phi) is 7.81. The summed E-state index contributed by atoms with van der Waals surface area (Å²) in [6.07, 6.45) is 1.58. The third-order valence-electron chi connectivity index (χ3n) is 4.42. The monoisotopic (exact) mass is 520 g/mol.